The first-order chi connectivity index (χ1) is 9.63. The zero-order valence-electron chi connectivity index (χ0n) is 11.4. The van der Waals surface area contributed by atoms with Crippen molar-refractivity contribution < 1.29 is 14.3 Å². The maximum absolute atomic E-state index is 11.3. The molecule has 106 valence electrons. The third kappa shape index (κ3) is 3.30. The lowest BCUT2D eigenvalue weighted by Crippen LogP contribution is -2.17. The number of benzene rings is 1. The number of carbonyl (C=O) groups excluding carboxylic acids is 1. The van der Waals surface area contributed by atoms with Crippen LogP contribution in [-0.4, -0.2) is 34.1 Å². The highest BCUT2D eigenvalue weighted by Gasteiger charge is 2.18. The molecule has 0 saturated heterocycles. The van der Waals surface area contributed by atoms with E-state index in [1.165, 1.54) is 23.4 Å². The summed E-state index contributed by atoms with van der Waals surface area (Å²) in [5.74, 6) is 0.353. The molecule has 0 bridgehead atoms. The molecule has 6 nitrogen and oxygen atoms in total. The molecular weight excluding hydrogens is 278 g/mol. The van der Waals surface area contributed by atoms with Gasteiger partial charge in [-0.3, -0.25) is 4.79 Å². The summed E-state index contributed by atoms with van der Waals surface area (Å²) < 4.78 is 12.0. The van der Waals surface area contributed by atoms with Crippen LogP contribution in [0.5, 0.6) is 5.75 Å². The highest BCUT2D eigenvalue weighted by atomic mass is 32.2. The van der Waals surface area contributed by atoms with Gasteiger partial charge in [-0.25, -0.2) is 9.67 Å². The van der Waals surface area contributed by atoms with Crippen LogP contribution < -0.4 is 4.74 Å². The predicted octanol–water partition coefficient (Wildman–Crippen LogP) is 2.12. The summed E-state index contributed by atoms with van der Waals surface area (Å²) in [6.07, 6.45) is 2.80. The first-order valence-electron chi connectivity index (χ1n) is 5.90. The fraction of sp³-hybridized carbons (Fsp3) is 0.308. The number of hydrogen-bond donors (Lipinski definition) is 0. The van der Waals surface area contributed by atoms with Crippen LogP contribution in [0.2, 0.25) is 0 Å². The van der Waals surface area contributed by atoms with Gasteiger partial charge in [-0.2, -0.15) is 0 Å². The molecule has 1 aromatic heterocycles. The van der Waals surface area contributed by atoms with Gasteiger partial charge < -0.3 is 9.47 Å². The largest absolute Gasteiger partial charge is 0.497 e. The third-order valence-electron chi connectivity index (χ3n) is 2.59. The zero-order valence-corrected chi connectivity index (χ0v) is 12.3. The van der Waals surface area contributed by atoms with E-state index >= 15 is 0 Å². The number of carbonyl (C=O) groups is 1. The van der Waals surface area contributed by atoms with Gasteiger partial charge in [-0.15, -0.1) is 5.10 Å². The van der Waals surface area contributed by atoms with Crippen molar-refractivity contribution in [3.63, 3.8) is 0 Å². The van der Waals surface area contributed by atoms with E-state index in [9.17, 15) is 4.79 Å². The van der Waals surface area contributed by atoms with Crippen LogP contribution in [0.25, 0.3) is 0 Å². The normalized spacial score (nSPS) is 11.9. The molecule has 2 rings (SSSR count). The number of thioether (sulfide) groups is 1. The smallest absolute Gasteiger partial charge is 0.304 e. The maximum Gasteiger partial charge on any atom is 0.304 e. The lowest BCUT2D eigenvalue weighted by atomic mass is 10.2. The Morgan fingerprint density at radius 2 is 2.05 bits per heavy atom. The molecule has 1 heterocycles. The van der Waals surface area contributed by atoms with Crippen LogP contribution in [0.4, 0.5) is 0 Å². The highest BCUT2D eigenvalue weighted by molar-refractivity contribution is 7.98. The van der Waals surface area contributed by atoms with E-state index in [4.69, 9.17) is 9.47 Å². The van der Waals surface area contributed by atoms with Gasteiger partial charge in [-0.05, 0) is 30.5 Å². The third-order valence-corrected chi connectivity index (χ3v) is 3.14. The van der Waals surface area contributed by atoms with E-state index in [1.54, 1.807) is 25.6 Å². The number of hydrogen-bond acceptors (Lipinski definition) is 6. The Balaban J connectivity index is 2.32. The Morgan fingerprint density at radius 1 is 1.35 bits per heavy atom. The molecule has 2 aromatic rings. The topological polar surface area (TPSA) is 66.2 Å². The minimum Gasteiger partial charge on any atom is -0.497 e. The summed E-state index contributed by atoms with van der Waals surface area (Å²) in [7, 11) is 1.60. The van der Waals surface area contributed by atoms with Gasteiger partial charge in [0.05, 0.1) is 7.11 Å². The van der Waals surface area contributed by atoms with Gasteiger partial charge in [0.2, 0.25) is 11.4 Å². The summed E-state index contributed by atoms with van der Waals surface area (Å²) in [5.41, 5.74) is 0.790. The predicted molar refractivity (Wildman–Crippen MR) is 74.7 cm³/mol. The molecule has 1 atom stereocenters. The van der Waals surface area contributed by atoms with E-state index in [0.29, 0.717) is 5.16 Å². The van der Waals surface area contributed by atoms with Crippen molar-refractivity contribution in [1.29, 1.82) is 0 Å². The average Bonchev–Trinajstić information content (AvgIpc) is 2.93. The Labute approximate surface area is 121 Å². The second-order valence-electron chi connectivity index (χ2n) is 3.95. The van der Waals surface area contributed by atoms with E-state index in [1.807, 2.05) is 18.4 Å². The monoisotopic (exact) mass is 293 g/mol. The molecular formula is C13H15N3O3S. The molecule has 1 aromatic carbocycles. The van der Waals surface area contributed by atoms with E-state index < -0.39 is 6.23 Å². The van der Waals surface area contributed by atoms with Crippen LogP contribution in [0.15, 0.2) is 35.7 Å². The Kier molecular flexibility index (Phi) is 4.62. The van der Waals surface area contributed by atoms with E-state index in [-0.39, 0.29) is 5.97 Å². The SMILES string of the molecule is COc1ccc(C(OC(C)=O)n2cnc(SC)n2)cc1. The highest BCUT2D eigenvalue weighted by Crippen LogP contribution is 2.23. The molecule has 0 aliphatic heterocycles. The summed E-state index contributed by atoms with van der Waals surface area (Å²) >= 11 is 1.42. The van der Waals surface area contributed by atoms with Gasteiger partial charge in [0.25, 0.3) is 0 Å². The Hall–Kier alpha value is -2.02. The molecule has 0 radical (unpaired) electrons. The standard InChI is InChI=1S/C13H15N3O3S/c1-9(17)19-12(16-8-14-13(15-16)20-3)10-4-6-11(18-2)7-5-10/h4-8,12H,1-3H3. The minimum atomic E-state index is -0.633. The summed E-state index contributed by atoms with van der Waals surface area (Å²) in [5, 5.41) is 4.88. The van der Waals surface area contributed by atoms with Crippen LogP contribution in [0.3, 0.4) is 0 Å². The van der Waals surface area contributed by atoms with Gasteiger partial charge in [0.1, 0.15) is 12.1 Å². The molecule has 1 unspecified atom stereocenters. The molecule has 0 fully saturated rings. The van der Waals surface area contributed by atoms with Gasteiger partial charge >= 0.3 is 5.97 Å². The number of nitrogens with zero attached hydrogens (tertiary/aromatic N) is 3. The van der Waals surface area contributed by atoms with Gasteiger partial charge in [0, 0.05) is 12.5 Å². The van der Waals surface area contributed by atoms with Crippen molar-refractivity contribution in [3.05, 3.63) is 36.2 Å². The quantitative estimate of drug-likeness (QED) is 0.621. The number of esters is 1. The molecule has 20 heavy (non-hydrogen) atoms. The number of methoxy groups -OCH3 is 1. The number of rotatable bonds is 5. The van der Waals surface area contributed by atoms with Crippen LogP contribution in [0.1, 0.15) is 18.7 Å². The van der Waals surface area contributed by atoms with Crippen molar-refractivity contribution in [2.75, 3.05) is 13.4 Å². The van der Waals surface area contributed by atoms with Crippen LogP contribution >= 0.6 is 11.8 Å². The van der Waals surface area contributed by atoms with Crippen molar-refractivity contribution in [3.8, 4) is 5.75 Å². The van der Waals surface area contributed by atoms with E-state index in [0.717, 1.165) is 11.3 Å². The summed E-state index contributed by atoms with van der Waals surface area (Å²) in [4.78, 5) is 15.4. The van der Waals surface area contributed by atoms with Crippen LogP contribution in [-0.2, 0) is 9.53 Å². The van der Waals surface area contributed by atoms with Gasteiger partial charge in [-0.1, -0.05) is 11.8 Å². The average molecular weight is 293 g/mol. The van der Waals surface area contributed by atoms with Crippen molar-refractivity contribution in [1.82, 2.24) is 14.8 Å². The summed E-state index contributed by atoms with van der Waals surface area (Å²) in [6, 6.07) is 7.26. The lowest BCUT2D eigenvalue weighted by molar-refractivity contribution is -0.148. The van der Waals surface area contributed by atoms with Crippen molar-refractivity contribution in [2.24, 2.45) is 0 Å². The molecule has 0 spiro atoms. The van der Waals surface area contributed by atoms with Gasteiger partial charge in [0.15, 0.2) is 0 Å². The molecule has 0 aliphatic carbocycles. The van der Waals surface area contributed by atoms with Crippen molar-refractivity contribution >= 4 is 17.7 Å². The molecule has 0 aliphatic rings. The first-order valence-corrected chi connectivity index (χ1v) is 7.13. The Morgan fingerprint density at radius 3 is 2.55 bits per heavy atom. The Bertz CT molecular complexity index is 583. The first kappa shape index (κ1) is 14.4. The van der Waals surface area contributed by atoms with Crippen LogP contribution in [0, 0.1) is 0 Å². The minimum absolute atomic E-state index is 0.382. The summed E-state index contributed by atoms with van der Waals surface area (Å²) in [6.45, 7) is 1.36. The number of ether oxygens (including phenoxy) is 2. The lowest BCUT2D eigenvalue weighted by Gasteiger charge is -2.17. The fourth-order valence-electron chi connectivity index (χ4n) is 1.67. The molecule has 0 saturated carbocycles. The maximum atomic E-state index is 11.3. The fourth-order valence-corrected chi connectivity index (χ4v) is 1.99. The molecule has 0 amide bonds. The zero-order chi connectivity index (χ0) is 14.5. The van der Waals surface area contributed by atoms with E-state index in [2.05, 4.69) is 10.1 Å². The molecule has 0 N–H and O–H groups in total. The van der Waals surface area contributed by atoms with Crippen molar-refractivity contribution in [2.45, 2.75) is 18.3 Å². The number of aromatic nitrogens is 3. The second kappa shape index (κ2) is 6.42. The molecule has 7 heteroatoms. The second-order valence-corrected chi connectivity index (χ2v) is 4.72.